The first-order valence-corrected chi connectivity index (χ1v) is 11.5. The minimum Gasteiger partial charge on any atom is -0.479 e. The molecule has 0 saturated carbocycles. The van der Waals surface area contributed by atoms with Crippen molar-refractivity contribution in [2.75, 3.05) is 13.2 Å². The quantitative estimate of drug-likeness (QED) is 0.299. The number of benzene rings is 2. The van der Waals surface area contributed by atoms with Crippen molar-refractivity contribution >= 4 is 81.4 Å². The Bertz CT molecular complexity index is 1100. The topological polar surface area (TPSA) is 72.9 Å². The molecule has 2 aromatic carbocycles. The fourth-order valence-corrected chi connectivity index (χ4v) is 4.66. The zero-order chi connectivity index (χ0) is 23.4. The predicted octanol–water partition coefficient (Wildman–Crippen LogP) is 6.48. The second-order valence-corrected chi connectivity index (χ2v) is 9.06. The van der Waals surface area contributed by atoms with Gasteiger partial charge >= 0.3 is 5.97 Å². The van der Waals surface area contributed by atoms with Gasteiger partial charge in [-0.05, 0) is 60.2 Å². The molecule has 0 spiro atoms. The van der Waals surface area contributed by atoms with Crippen LogP contribution in [0, 0.1) is 0 Å². The van der Waals surface area contributed by atoms with Gasteiger partial charge in [0.25, 0.3) is 11.1 Å². The Labute approximate surface area is 208 Å². The third kappa shape index (κ3) is 5.91. The number of rotatable bonds is 7. The normalized spacial score (nSPS) is 14.9. The van der Waals surface area contributed by atoms with E-state index in [1.165, 1.54) is 18.2 Å². The van der Waals surface area contributed by atoms with E-state index in [4.69, 9.17) is 55.9 Å². The van der Waals surface area contributed by atoms with Crippen molar-refractivity contribution < 1.29 is 23.9 Å². The number of halogens is 4. The van der Waals surface area contributed by atoms with E-state index in [0.29, 0.717) is 21.2 Å². The van der Waals surface area contributed by atoms with Gasteiger partial charge in [-0.15, -0.1) is 0 Å². The number of hydrogen-bond donors (Lipinski definition) is 0. The lowest BCUT2D eigenvalue weighted by Crippen LogP contribution is -2.27. The van der Waals surface area contributed by atoms with Gasteiger partial charge in [-0.3, -0.25) is 14.5 Å². The van der Waals surface area contributed by atoms with Crippen LogP contribution < -0.4 is 4.74 Å². The van der Waals surface area contributed by atoms with Crippen LogP contribution in [0.25, 0.3) is 6.08 Å². The fraction of sp³-hybridized carbons (Fsp3) is 0.190. The summed E-state index contributed by atoms with van der Waals surface area (Å²) in [5.74, 6) is -0.914. The van der Waals surface area contributed by atoms with Crippen molar-refractivity contribution in [1.29, 1.82) is 0 Å². The second-order valence-electron chi connectivity index (χ2n) is 6.41. The van der Waals surface area contributed by atoms with Crippen LogP contribution >= 0.6 is 58.2 Å². The maximum absolute atomic E-state index is 12.8. The van der Waals surface area contributed by atoms with Crippen LogP contribution in [-0.4, -0.2) is 35.2 Å². The summed E-state index contributed by atoms with van der Waals surface area (Å²) in [7, 11) is 0. The van der Waals surface area contributed by atoms with Crippen LogP contribution in [0.15, 0.2) is 35.2 Å². The average Bonchev–Trinajstić information content (AvgIpc) is 2.96. The minimum atomic E-state index is -0.557. The Balaban J connectivity index is 1.77. The lowest BCUT2D eigenvalue weighted by atomic mass is 10.2. The number of ether oxygens (including phenoxy) is 2. The maximum atomic E-state index is 12.8. The van der Waals surface area contributed by atoms with Crippen LogP contribution in [0.3, 0.4) is 0 Å². The molecule has 0 unspecified atom stereocenters. The number of amides is 2. The van der Waals surface area contributed by atoms with Crippen molar-refractivity contribution in [1.82, 2.24) is 4.90 Å². The first-order chi connectivity index (χ1) is 15.2. The van der Waals surface area contributed by atoms with E-state index in [1.54, 1.807) is 25.1 Å². The van der Waals surface area contributed by atoms with E-state index in [1.807, 2.05) is 0 Å². The summed E-state index contributed by atoms with van der Waals surface area (Å²) < 4.78 is 10.1. The average molecular weight is 535 g/mol. The molecule has 0 N–H and O–H groups in total. The Morgan fingerprint density at radius 3 is 2.38 bits per heavy atom. The van der Waals surface area contributed by atoms with Crippen LogP contribution in [0.1, 0.15) is 18.1 Å². The largest absolute Gasteiger partial charge is 0.479 e. The van der Waals surface area contributed by atoms with Crippen molar-refractivity contribution in [3.8, 4) is 5.75 Å². The van der Waals surface area contributed by atoms with Gasteiger partial charge in [0.05, 0.1) is 28.1 Å². The summed E-state index contributed by atoms with van der Waals surface area (Å²) in [6.45, 7) is 1.57. The number of carbonyl (C=O) groups is 3. The number of thioether (sulfide) groups is 1. The molecule has 3 rings (SSSR count). The van der Waals surface area contributed by atoms with Gasteiger partial charge in [0.15, 0.2) is 12.4 Å². The third-order valence-electron chi connectivity index (χ3n) is 4.18. The van der Waals surface area contributed by atoms with Gasteiger partial charge in [0.2, 0.25) is 0 Å². The predicted molar refractivity (Wildman–Crippen MR) is 127 cm³/mol. The fourth-order valence-electron chi connectivity index (χ4n) is 2.74. The minimum absolute atomic E-state index is 0.0140. The molecule has 2 aromatic rings. The molecule has 0 radical (unpaired) electrons. The summed E-state index contributed by atoms with van der Waals surface area (Å²) in [6, 6.07) is 7.86. The first kappa shape index (κ1) is 24.7. The number of carbonyl (C=O) groups excluding carboxylic acids is 3. The number of esters is 1. The van der Waals surface area contributed by atoms with Crippen LogP contribution in [0.2, 0.25) is 20.1 Å². The summed E-state index contributed by atoms with van der Waals surface area (Å²) in [6.07, 6.45) is 1.50. The lowest BCUT2D eigenvalue weighted by molar-refractivity contribution is -0.145. The number of imide groups is 1. The van der Waals surface area contributed by atoms with Gasteiger partial charge < -0.3 is 9.47 Å². The summed E-state index contributed by atoms with van der Waals surface area (Å²) in [4.78, 5) is 37.9. The molecule has 32 heavy (non-hydrogen) atoms. The van der Waals surface area contributed by atoms with E-state index >= 15 is 0 Å². The van der Waals surface area contributed by atoms with Gasteiger partial charge in [0.1, 0.15) is 0 Å². The van der Waals surface area contributed by atoms with E-state index in [2.05, 4.69) is 0 Å². The number of nitrogens with zero attached hydrogens (tertiary/aromatic N) is 1. The molecule has 1 aliphatic rings. The van der Waals surface area contributed by atoms with Crippen molar-refractivity contribution in [3.63, 3.8) is 0 Å². The third-order valence-corrected chi connectivity index (χ3v) is 6.23. The molecule has 0 aromatic heterocycles. The summed E-state index contributed by atoms with van der Waals surface area (Å²) in [5.41, 5.74) is 1.08. The summed E-state index contributed by atoms with van der Waals surface area (Å²) in [5, 5.41) is 0.660. The van der Waals surface area contributed by atoms with Crippen LogP contribution in [-0.2, 0) is 20.9 Å². The van der Waals surface area contributed by atoms with Crippen LogP contribution in [0.4, 0.5) is 4.79 Å². The Morgan fingerprint density at radius 1 is 1.06 bits per heavy atom. The Kier molecular flexibility index (Phi) is 8.36. The summed E-state index contributed by atoms with van der Waals surface area (Å²) >= 11 is 25.3. The lowest BCUT2D eigenvalue weighted by Gasteiger charge is -2.13. The SMILES string of the molecule is CCOC(=O)COc1c(Cl)cc(/C=C2\SC(=O)N(Cc3ccc(Cl)cc3Cl)C2=O)cc1Cl. The highest BCUT2D eigenvalue weighted by Crippen LogP contribution is 2.38. The van der Waals surface area contributed by atoms with E-state index in [0.717, 1.165) is 16.7 Å². The molecule has 0 atom stereocenters. The van der Waals surface area contributed by atoms with Crippen molar-refractivity contribution in [2.24, 2.45) is 0 Å². The molecular formula is C21H15Cl4NO5S. The number of hydrogen-bond acceptors (Lipinski definition) is 6. The van der Waals surface area contributed by atoms with Gasteiger partial charge in [0, 0.05) is 10.0 Å². The molecule has 168 valence electrons. The maximum Gasteiger partial charge on any atom is 0.344 e. The standard InChI is InChI=1S/C21H15Cl4NO5S/c1-2-30-18(27)10-31-19-15(24)5-11(6-16(19)25)7-17-20(28)26(21(29)32-17)9-12-3-4-13(22)8-14(12)23/h3-8H,2,9-10H2,1H3/b17-7-. The zero-order valence-electron chi connectivity index (χ0n) is 16.5. The van der Waals surface area contributed by atoms with Gasteiger partial charge in [-0.2, -0.15) is 0 Å². The molecule has 0 bridgehead atoms. The highest BCUT2D eigenvalue weighted by atomic mass is 35.5. The molecular weight excluding hydrogens is 520 g/mol. The molecule has 1 heterocycles. The smallest absolute Gasteiger partial charge is 0.344 e. The Morgan fingerprint density at radius 2 is 1.75 bits per heavy atom. The van der Waals surface area contributed by atoms with E-state index in [-0.39, 0.29) is 40.5 Å². The molecule has 1 saturated heterocycles. The first-order valence-electron chi connectivity index (χ1n) is 9.16. The van der Waals surface area contributed by atoms with E-state index in [9.17, 15) is 14.4 Å². The zero-order valence-corrected chi connectivity index (χ0v) is 20.3. The van der Waals surface area contributed by atoms with Crippen molar-refractivity contribution in [2.45, 2.75) is 13.5 Å². The molecule has 1 fully saturated rings. The molecule has 2 amide bonds. The van der Waals surface area contributed by atoms with Gasteiger partial charge in [-0.1, -0.05) is 52.5 Å². The molecule has 0 aliphatic carbocycles. The van der Waals surface area contributed by atoms with Crippen molar-refractivity contribution in [3.05, 3.63) is 66.5 Å². The molecule has 1 aliphatic heterocycles. The highest BCUT2D eigenvalue weighted by molar-refractivity contribution is 8.18. The van der Waals surface area contributed by atoms with Gasteiger partial charge in [-0.25, -0.2) is 4.79 Å². The second kappa shape index (κ2) is 10.8. The van der Waals surface area contributed by atoms with Crippen LogP contribution in [0.5, 0.6) is 5.75 Å². The monoisotopic (exact) mass is 533 g/mol. The highest BCUT2D eigenvalue weighted by Gasteiger charge is 2.35. The molecule has 11 heteroatoms. The Hall–Kier alpha value is -1.90. The van der Waals surface area contributed by atoms with E-state index < -0.39 is 17.1 Å². The molecule has 6 nitrogen and oxygen atoms in total.